The number of nitrogens with zero attached hydrogens (tertiary/aromatic N) is 8. The maximum Gasteiger partial charge on any atom is 0.0970 e. The van der Waals surface area contributed by atoms with E-state index in [9.17, 15) is 0 Å². The second-order valence-electron chi connectivity index (χ2n) is 26.6. The number of hydrogen-bond donors (Lipinski definition) is 0. The molecule has 0 aliphatic rings. The van der Waals surface area contributed by atoms with Gasteiger partial charge in [0, 0.05) is 90.1 Å². The van der Waals surface area contributed by atoms with Crippen molar-refractivity contribution in [2.24, 2.45) is 0 Å². The Hall–Kier alpha value is -14.1. The lowest BCUT2D eigenvalue weighted by Gasteiger charge is -2.12. The third-order valence-corrected chi connectivity index (χ3v) is 20.5. The maximum atomic E-state index is 5.17. The van der Waals surface area contributed by atoms with E-state index in [1.807, 2.05) is 36.9 Å². The fourth-order valence-corrected chi connectivity index (χ4v) is 15.2. The first-order valence-electron chi connectivity index (χ1n) is 35.0. The standard InChI is InChI=1S/C50H30N4.C46H28N4/c1-2-8-39-37(6-1)29-44(42-10-4-3-9-41(39)42)47-24-20-38-28-35(19-23-46(38)53-47)36-16-15-33-18-22-45(54-48(33)30-36)32-13-11-31(12-14-32)40-25-27-52-50-43(40)21-17-34-7-5-26-51-49(34)50;1-2-8-37-29(5-1)6-3-9-39(37)43-23-19-36-27-34(18-22-42(36)49-43)35-15-14-32-17-21-41(50-44(32)28-35)31-12-10-30(11-13-31)38-24-26-48-46-40(38)20-16-33-7-4-25-47-45(33)46/h1-30H;1-28H. The lowest BCUT2D eigenvalue weighted by Crippen LogP contribution is -1.90. The molecule has 0 saturated heterocycles. The van der Waals surface area contributed by atoms with E-state index in [2.05, 4.69) is 335 Å². The molecule has 21 rings (SSSR count). The molecule has 482 valence electrons. The molecule has 0 aliphatic heterocycles. The second-order valence-corrected chi connectivity index (χ2v) is 26.6. The summed E-state index contributed by atoms with van der Waals surface area (Å²) in [5, 5.41) is 16.2. The highest BCUT2D eigenvalue weighted by molar-refractivity contribution is 6.14. The molecule has 0 aliphatic carbocycles. The Morgan fingerprint density at radius 2 is 0.548 bits per heavy atom. The molecule has 104 heavy (non-hydrogen) atoms. The van der Waals surface area contributed by atoms with Gasteiger partial charge in [0.25, 0.3) is 0 Å². The van der Waals surface area contributed by atoms with Crippen molar-refractivity contribution in [2.75, 3.05) is 0 Å². The molecule has 13 aromatic carbocycles. The fourth-order valence-electron chi connectivity index (χ4n) is 15.2. The first kappa shape index (κ1) is 59.9. The SMILES string of the molecule is c1ccc2c(-c3ccc4cc(-c5ccc6ccc(-c7ccc(-c8ccnc9c8ccc8cccnc89)cc7)nc6c5)ccc4n3)cccc2c1.c1ccc2c(c1)cc(-c1ccc3cc(-c4ccc5ccc(-c6ccc(-c7ccnc8c7ccc7cccnc78)cc6)nc5c4)ccc3n1)c1ccccc12. The van der Waals surface area contributed by atoms with E-state index in [1.165, 1.54) is 32.3 Å². The quantitative estimate of drug-likeness (QED) is 0.139. The van der Waals surface area contributed by atoms with Crippen LogP contribution in [0.15, 0.2) is 352 Å². The van der Waals surface area contributed by atoms with Crippen LogP contribution in [-0.2, 0) is 0 Å². The molecule has 8 heterocycles. The molecule has 0 fully saturated rings. The molecule has 0 spiro atoms. The highest BCUT2D eigenvalue weighted by Crippen LogP contribution is 2.40. The fraction of sp³-hybridized carbons (Fsp3) is 0. The van der Waals surface area contributed by atoms with Crippen molar-refractivity contribution in [1.29, 1.82) is 0 Å². The summed E-state index contributed by atoms with van der Waals surface area (Å²) in [7, 11) is 0. The summed E-state index contributed by atoms with van der Waals surface area (Å²) in [6.07, 6.45) is 7.40. The molecule has 0 radical (unpaired) electrons. The number of pyridine rings is 8. The van der Waals surface area contributed by atoms with Gasteiger partial charge in [-0.25, -0.2) is 19.9 Å². The molecular formula is C96H58N8. The van der Waals surface area contributed by atoms with Crippen LogP contribution in [0, 0.1) is 0 Å². The van der Waals surface area contributed by atoms with Gasteiger partial charge < -0.3 is 0 Å². The van der Waals surface area contributed by atoms with Crippen LogP contribution in [0.4, 0.5) is 0 Å². The maximum absolute atomic E-state index is 5.17. The van der Waals surface area contributed by atoms with E-state index in [1.54, 1.807) is 0 Å². The minimum atomic E-state index is 0.920. The summed E-state index contributed by atoms with van der Waals surface area (Å²) in [6, 6.07) is 116. The molecule has 0 amide bonds. The van der Waals surface area contributed by atoms with Crippen molar-refractivity contribution in [2.45, 2.75) is 0 Å². The van der Waals surface area contributed by atoms with Crippen LogP contribution in [0.5, 0.6) is 0 Å². The zero-order valence-corrected chi connectivity index (χ0v) is 56.1. The molecule has 0 unspecified atom stereocenters. The third-order valence-electron chi connectivity index (χ3n) is 20.5. The molecular weight excluding hydrogens is 1270 g/mol. The number of fused-ring (bicyclic) bond motifs is 14. The van der Waals surface area contributed by atoms with Crippen LogP contribution >= 0.6 is 0 Å². The summed E-state index contributed by atoms with van der Waals surface area (Å²) in [5.41, 5.74) is 25.0. The molecule has 0 atom stereocenters. The van der Waals surface area contributed by atoms with Crippen molar-refractivity contribution in [1.82, 2.24) is 39.9 Å². The highest BCUT2D eigenvalue weighted by Gasteiger charge is 2.17. The minimum Gasteiger partial charge on any atom is -0.254 e. The Kier molecular flexibility index (Phi) is 14.4. The Bertz CT molecular complexity index is 7050. The zero-order chi connectivity index (χ0) is 68.6. The van der Waals surface area contributed by atoms with Gasteiger partial charge in [-0.05, 0) is 168 Å². The van der Waals surface area contributed by atoms with E-state index < -0.39 is 0 Å². The van der Waals surface area contributed by atoms with Gasteiger partial charge >= 0.3 is 0 Å². The predicted molar refractivity (Wildman–Crippen MR) is 431 cm³/mol. The van der Waals surface area contributed by atoms with Crippen LogP contribution in [0.3, 0.4) is 0 Å². The second kappa shape index (κ2) is 25.0. The summed E-state index contributed by atoms with van der Waals surface area (Å²) < 4.78 is 0. The summed E-state index contributed by atoms with van der Waals surface area (Å²) in [5.74, 6) is 0. The average Bonchev–Trinajstić information content (AvgIpc) is 0.777. The van der Waals surface area contributed by atoms with Gasteiger partial charge in [-0.1, -0.05) is 237 Å². The molecule has 0 N–H and O–H groups in total. The summed E-state index contributed by atoms with van der Waals surface area (Å²) >= 11 is 0. The van der Waals surface area contributed by atoms with E-state index >= 15 is 0 Å². The number of benzene rings is 13. The first-order chi connectivity index (χ1) is 51.5. The van der Waals surface area contributed by atoms with Crippen molar-refractivity contribution in [3.05, 3.63) is 352 Å². The highest BCUT2D eigenvalue weighted by atomic mass is 14.7. The third kappa shape index (κ3) is 10.7. The van der Waals surface area contributed by atoms with Crippen molar-refractivity contribution in [3.63, 3.8) is 0 Å². The first-order valence-corrected chi connectivity index (χ1v) is 35.0. The van der Waals surface area contributed by atoms with Gasteiger partial charge in [0.05, 0.1) is 66.9 Å². The molecule has 8 nitrogen and oxygen atoms in total. The van der Waals surface area contributed by atoms with Crippen LogP contribution < -0.4 is 0 Å². The number of hydrogen-bond acceptors (Lipinski definition) is 8. The van der Waals surface area contributed by atoms with Crippen LogP contribution in [0.2, 0.25) is 0 Å². The molecule has 0 saturated carbocycles. The monoisotopic (exact) mass is 1320 g/mol. The zero-order valence-electron chi connectivity index (χ0n) is 56.1. The van der Waals surface area contributed by atoms with E-state index in [0.29, 0.717) is 0 Å². The van der Waals surface area contributed by atoms with Gasteiger partial charge in [0.15, 0.2) is 0 Å². The lowest BCUT2D eigenvalue weighted by atomic mass is 9.95. The Morgan fingerprint density at radius 1 is 0.154 bits per heavy atom. The topological polar surface area (TPSA) is 103 Å². The normalized spacial score (nSPS) is 11.7. The van der Waals surface area contributed by atoms with E-state index in [0.717, 1.165) is 177 Å². The van der Waals surface area contributed by atoms with E-state index in [-0.39, 0.29) is 0 Å². The van der Waals surface area contributed by atoms with Crippen molar-refractivity contribution >= 4 is 120 Å². The predicted octanol–water partition coefficient (Wildman–Crippen LogP) is 24.6. The molecule has 8 heteroatoms. The van der Waals surface area contributed by atoms with Gasteiger partial charge in [-0.2, -0.15) is 0 Å². The summed E-state index contributed by atoms with van der Waals surface area (Å²) in [6.45, 7) is 0. The summed E-state index contributed by atoms with van der Waals surface area (Å²) in [4.78, 5) is 39.1. The van der Waals surface area contributed by atoms with Gasteiger partial charge in [-0.3, -0.25) is 19.9 Å². The molecule has 21 aromatic rings. The number of aromatic nitrogens is 8. The molecule has 0 bridgehead atoms. The lowest BCUT2D eigenvalue weighted by molar-refractivity contribution is 1.37. The van der Waals surface area contributed by atoms with E-state index in [4.69, 9.17) is 19.9 Å². The van der Waals surface area contributed by atoms with Crippen molar-refractivity contribution in [3.8, 4) is 89.5 Å². The Balaban J connectivity index is 0.000000139. The smallest absolute Gasteiger partial charge is 0.0970 e. The Morgan fingerprint density at radius 3 is 1.12 bits per heavy atom. The van der Waals surface area contributed by atoms with Crippen LogP contribution in [0.25, 0.3) is 209 Å². The van der Waals surface area contributed by atoms with Crippen LogP contribution in [0.1, 0.15) is 0 Å². The van der Waals surface area contributed by atoms with Crippen LogP contribution in [-0.4, -0.2) is 39.9 Å². The number of rotatable bonds is 8. The van der Waals surface area contributed by atoms with Gasteiger partial charge in [-0.15, -0.1) is 0 Å². The van der Waals surface area contributed by atoms with Crippen molar-refractivity contribution < 1.29 is 0 Å². The van der Waals surface area contributed by atoms with Gasteiger partial charge in [0.1, 0.15) is 0 Å². The molecule has 8 aromatic heterocycles. The average molecular weight is 1320 g/mol. The van der Waals surface area contributed by atoms with Gasteiger partial charge in [0.2, 0.25) is 0 Å². The largest absolute Gasteiger partial charge is 0.254 e. The minimum absolute atomic E-state index is 0.920. The Labute approximate surface area is 597 Å².